The lowest BCUT2D eigenvalue weighted by atomic mass is 9.97. The summed E-state index contributed by atoms with van der Waals surface area (Å²) in [6, 6.07) is 4.39. The highest BCUT2D eigenvalue weighted by molar-refractivity contribution is 7.18. The van der Waals surface area contributed by atoms with Crippen molar-refractivity contribution < 1.29 is 18.7 Å². The molecule has 0 atom stereocenters. The van der Waals surface area contributed by atoms with Crippen LogP contribution >= 0.6 is 11.3 Å². The SMILES string of the molecule is COc1ccc(COC(=O)CCn2cnc3sc4c(c3c2=O)CCCC4)cc1F. The molecule has 0 N–H and O–H groups in total. The Balaban J connectivity index is 1.40. The molecule has 0 saturated carbocycles. The van der Waals surface area contributed by atoms with Crippen molar-refractivity contribution in [2.75, 3.05) is 7.11 Å². The van der Waals surface area contributed by atoms with Crippen LogP contribution < -0.4 is 10.3 Å². The van der Waals surface area contributed by atoms with Crippen molar-refractivity contribution in [1.29, 1.82) is 0 Å². The third-order valence-electron chi connectivity index (χ3n) is 5.11. The molecule has 1 aliphatic carbocycles. The largest absolute Gasteiger partial charge is 0.494 e. The molecule has 8 heteroatoms. The van der Waals surface area contributed by atoms with Crippen molar-refractivity contribution in [2.45, 2.75) is 45.3 Å². The van der Waals surface area contributed by atoms with Crippen LogP contribution in [-0.4, -0.2) is 22.6 Å². The van der Waals surface area contributed by atoms with Crippen LogP contribution in [0.5, 0.6) is 5.75 Å². The van der Waals surface area contributed by atoms with Crippen molar-refractivity contribution in [3.63, 3.8) is 0 Å². The maximum atomic E-state index is 13.7. The molecule has 0 bridgehead atoms. The van der Waals surface area contributed by atoms with Gasteiger partial charge in [0.2, 0.25) is 0 Å². The third kappa shape index (κ3) is 4.03. The first-order valence-corrected chi connectivity index (χ1v) is 10.4. The summed E-state index contributed by atoms with van der Waals surface area (Å²) < 4.78 is 25.2. The highest BCUT2D eigenvalue weighted by atomic mass is 32.1. The highest BCUT2D eigenvalue weighted by Gasteiger charge is 2.20. The first-order valence-electron chi connectivity index (χ1n) is 9.54. The number of fused-ring (bicyclic) bond motifs is 3. The van der Waals surface area contributed by atoms with Gasteiger partial charge in [-0.05, 0) is 48.9 Å². The fourth-order valence-corrected chi connectivity index (χ4v) is 4.81. The van der Waals surface area contributed by atoms with E-state index in [4.69, 9.17) is 9.47 Å². The lowest BCUT2D eigenvalue weighted by Gasteiger charge is -2.10. The Hall–Kier alpha value is -2.74. The van der Waals surface area contributed by atoms with E-state index in [1.807, 2.05) is 0 Å². The van der Waals surface area contributed by atoms with Gasteiger partial charge in [-0.25, -0.2) is 9.37 Å². The van der Waals surface area contributed by atoms with E-state index in [2.05, 4.69) is 4.98 Å². The lowest BCUT2D eigenvalue weighted by Crippen LogP contribution is -2.23. The number of methoxy groups -OCH3 is 1. The second-order valence-electron chi connectivity index (χ2n) is 7.01. The number of aromatic nitrogens is 2. The Kier molecular flexibility index (Phi) is 5.62. The van der Waals surface area contributed by atoms with Gasteiger partial charge in [-0.3, -0.25) is 14.2 Å². The second-order valence-corrected chi connectivity index (χ2v) is 8.10. The maximum absolute atomic E-state index is 13.7. The normalized spacial score (nSPS) is 13.3. The van der Waals surface area contributed by atoms with E-state index in [9.17, 15) is 14.0 Å². The summed E-state index contributed by atoms with van der Waals surface area (Å²) in [6.07, 6.45) is 5.70. The number of carbonyl (C=O) groups is 1. The van der Waals surface area contributed by atoms with Crippen molar-refractivity contribution >= 4 is 27.5 Å². The number of hydrogen-bond acceptors (Lipinski definition) is 6. The molecule has 0 aliphatic heterocycles. The Bertz CT molecular complexity index is 1120. The number of carbonyl (C=O) groups excluding carboxylic acids is 1. The molecule has 0 fully saturated rings. The molecule has 152 valence electrons. The van der Waals surface area contributed by atoms with E-state index in [0.29, 0.717) is 10.9 Å². The number of ether oxygens (including phenoxy) is 2. The van der Waals surface area contributed by atoms with Crippen LogP contribution in [0.1, 0.15) is 35.3 Å². The van der Waals surface area contributed by atoms with Crippen LogP contribution in [0, 0.1) is 5.82 Å². The smallest absolute Gasteiger partial charge is 0.307 e. The molecule has 1 aliphatic rings. The number of hydrogen-bond donors (Lipinski definition) is 0. The average molecular weight is 416 g/mol. The summed E-state index contributed by atoms with van der Waals surface area (Å²) in [5.41, 5.74) is 1.56. The molecule has 0 unspecified atom stereocenters. The molecule has 29 heavy (non-hydrogen) atoms. The Morgan fingerprint density at radius 2 is 2.14 bits per heavy atom. The van der Waals surface area contributed by atoms with E-state index in [-0.39, 0.29) is 30.9 Å². The standard InChI is InChI=1S/C21H21FN2O4S/c1-27-16-7-6-13(10-15(16)22)11-28-18(25)8-9-24-12-23-20-19(21(24)26)14-4-2-3-5-17(14)29-20/h6-7,10,12H,2-5,8-9,11H2,1H3. The van der Waals surface area contributed by atoms with Crippen molar-refractivity contribution in [2.24, 2.45) is 0 Å². The molecule has 0 saturated heterocycles. The van der Waals surface area contributed by atoms with Gasteiger partial charge in [0.15, 0.2) is 11.6 Å². The van der Waals surface area contributed by atoms with Crippen LogP contribution in [0.3, 0.4) is 0 Å². The van der Waals surface area contributed by atoms with Crippen LogP contribution in [0.25, 0.3) is 10.2 Å². The number of thiophene rings is 1. The van der Waals surface area contributed by atoms with E-state index in [1.54, 1.807) is 17.4 Å². The molecule has 1 aromatic carbocycles. The monoisotopic (exact) mass is 416 g/mol. The zero-order chi connectivity index (χ0) is 20.4. The topological polar surface area (TPSA) is 70.4 Å². The minimum atomic E-state index is -0.508. The predicted octanol–water partition coefficient (Wildman–Crippen LogP) is 3.62. The van der Waals surface area contributed by atoms with Crippen molar-refractivity contribution in [1.82, 2.24) is 9.55 Å². The maximum Gasteiger partial charge on any atom is 0.307 e. The van der Waals surface area contributed by atoms with Crippen LogP contribution in [0.2, 0.25) is 0 Å². The van der Waals surface area contributed by atoms with Gasteiger partial charge < -0.3 is 9.47 Å². The minimum absolute atomic E-state index is 0.0377. The van der Waals surface area contributed by atoms with Crippen LogP contribution in [-0.2, 0) is 35.5 Å². The van der Waals surface area contributed by atoms with Gasteiger partial charge in [0.1, 0.15) is 11.4 Å². The Morgan fingerprint density at radius 1 is 1.31 bits per heavy atom. The summed E-state index contributed by atoms with van der Waals surface area (Å²) in [7, 11) is 1.39. The molecule has 3 aromatic rings. The average Bonchev–Trinajstić information content (AvgIpc) is 3.11. The fraction of sp³-hybridized carbons (Fsp3) is 0.381. The summed E-state index contributed by atoms with van der Waals surface area (Å²) in [6.45, 7) is 0.159. The van der Waals surface area contributed by atoms with Gasteiger partial charge in [0, 0.05) is 11.4 Å². The highest BCUT2D eigenvalue weighted by Crippen LogP contribution is 2.33. The minimum Gasteiger partial charge on any atom is -0.494 e. The molecule has 2 aromatic heterocycles. The first-order chi connectivity index (χ1) is 14.1. The fourth-order valence-electron chi connectivity index (χ4n) is 3.59. The van der Waals surface area contributed by atoms with E-state index >= 15 is 0 Å². The number of aryl methyl sites for hydroxylation is 3. The summed E-state index contributed by atoms with van der Waals surface area (Å²) in [5.74, 6) is -0.829. The van der Waals surface area contributed by atoms with Gasteiger partial charge in [0.25, 0.3) is 5.56 Å². The Morgan fingerprint density at radius 3 is 2.93 bits per heavy atom. The van der Waals surface area contributed by atoms with Gasteiger partial charge in [-0.2, -0.15) is 0 Å². The first kappa shape index (κ1) is 19.6. The molecular weight excluding hydrogens is 395 g/mol. The summed E-state index contributed by atoms with van der Waals surface area (Å²) in [5, 5.41) is 0.703. The van der Waals surface area contributed by atoms with Gasteiger partial charge in [-0.1, -0.05) is 6.07 Å². The number of benzene rings is 1. The molecule has 0 radical (unpaired) electrons. The zero-order valence-corrected chi connectivity index (χ0v) is 16.9. The van der Waals surface area contributed by atoms with Crippen LogP contribution in [0.4, 0.5) is 4.39 Å². The molecule has 2 heterocycles. The summed E-state index contributed by atoms with van der Waals surface area (Å²) in [4.78, 5) is 31.4. The summed E-state index contributed by atoms with van der Waals surface area (Å²) >= 11 is 1.60. The van der Waals surface area contributed by atoms with E-state index in [0.717, 1.165) is 36.1 Å². The van der Waals surface area contributed by atoms with Crippen molar-refractivity contribution in [3.8, 4) is 5.75 Å². The molecule has 0 spiro atoms. The predicted molar refractivity (Wildman–Crippen MR) is 108 cm³/mol. The van der Waals surface area contributed by atoms with Crippen molar-refractivity contribution in [3.05, 3.63) is 56.7 Å². The van der Waals surface area contributed by atoms with Gasteiger partial charge >= 0.3 is 5.97 Å². The number of nitrogens with zero attached hydrogens (tertiary/aromatic N) is 2. The molecule has 0 amide bonds. The van der Waals surface area contributed by atoms with E-state index in [1.165, 1.54) is 35.0 Å². The number of esters is 1. The third-order valence-corrected chi connectivity index (χ3v) is 6.31. The van der Waals surface area contributed by atoms with E-state index < -0.39 is 11.8 Å². The van der Waals surface area contributed by atoms with Gasteiger partial charge in [0.05, 0.1) is 25.2 Å². The number of halogens is 1. The second kappa shape index (κ2) is 8.32. The quantitative estimate of drug-likeness (QED) is 0.574. The van der Waals surface area contributed by atoms with Gasteiger partial charge in [-0.15, -0.1) is 11.3 Å². The Labute approximate surface area is 170 Å². The zero-order valence-electron chi connectivity index (χ0n) is 16.1. The molecule has 6 nitrogen and oxygen atoms in total. The lowest BCUT2D eigenvalue weighted by molar-refractivity contribution is -0.145. The molecule has 4 rings (SSSR count). The molecular formula is C21H21FN2O4S. The number of rotatable bonds is 6. The van der Waals surface area contributed by atoms with Crippen LogP contribution in [0.15, 0.2) is 29.3 Å².